The van der Waals surface area contributed by atoms with Crippen molar-refractivity contribution in [3.05, 3.63) is 94.3 Å². The topological polar surface area (TPSA) is 57.9 Å². The SMILES string of the molecule is COc1ccc(Oc2c(C(F)(F)F)oc3cc(OCCc4ccccc4)ccc3c2=O)cc1. The van der Waals surface area contributed by atoms with Crippen LogP contribution >= 0.6 is 0 Å². The summed E-state index contributed by atoms with van der Waals surface area (Å²) in [5, 5.41) is -0.0538. The van der Waals surface area contributed by atoms with Crippen LogP contribution in [0.5, 0.6) is 23.0 Å². The number of alkyl halides is 3. The Morgan fingerprint density at radius 1 is 0.879 bits per heavy atom. The molecule has 3 aromatic carbocycles. The number of fused-ring (bicyclic) bond motifs is 1. The molecule has 0 atom stereocenters. The maximum atomic E-state index is 13.7. The summed E-state index contributed by atoms with van der Waals surface area (Å²) in [5.74, 6) is -1.63. The van der Waals surface area contributed by atoms with Gasteiger partial charge in [-0.1, -0.05) is 30.3 Å². The third-order valence-electron chi connectivity index (χ3n) is 4.86. The lowest BCUT2D eigenvalue weighted by Gasteiger charge is -2.14. The maximum Gasteiger partial charge on any atom is 0.453 e. The fraction of sp³-hybridized carbons (Fsp3) is 0.160. The first kappa shape index (κ1) is 22.3. The summed E-state index contributed by atoms with van der Waals surface area (Å²) < 4.78 is 62.2. The van der Waals surface area contributed by atoms with E-state index in [2.05, 4.69) is 0 Å². The van der Waals surface area contributed by atoms with Crippen LogP contribution < -0.4 is 19.6 Å². The number of hydrogen-bond acceptors (Lipinski definition) is 5. The fourth-order valence-corrected chi connectivity index (χ4v) is 3.22. The van der Waals surface area contributed by atoms with Gasteiger partial charge in [-0.05, 0) is 42.0 Å². The molecule has 0 fully saturated rings. The minimum Gasteiger partial charge on any atom is -0.497 e. The molecular weight excluding hydrogens is 437 g/mol. The van der Waals surface area contributed by atoms with E-state index < -0.39 is 23.1 Å². The minimum absolute atomic E-state index is 0.0359. The van der Waals surface area contributed by atoms with E-state index in [1.807, 2.05) is 30.3 Å². The van der Waals surface area contributed by atoms with Gasteiger partial charge in [0, 0.05) is 12.5 Å². The first-order chi connectivity index (χ1) is 15.8. The second-order valence-corrected chi connectivity index (χ2v) is 7.11. The van der Waals surface area contributed by atoms with Crippen LogP contribution in [0.4, 0.5) is 13.2 Å². The molecular formula is C25H19F3O5. The molecule has 1 heterocycles. The average Bonchev–Trinajstić information content (AvgIpc) is 2.81. The predicted molar refractivity (Wildman–Crippen MR) is 116 cm³/mol. The number of rotatable bonds is 7. The maximum absolute atomic E-state index is 13.7. The Morgan fingerprint density at radius 2 is 1.55 bits per heavy atom. The molecule has 0 radical (unpaired) electrons. The third kappa shape index (κ3) is 5.11. The summed E-state index contributed by atoms with van der Waals surface area (Å²) in [7, 11) is 1.45. The largest absolute Gasteiger partial charge is 0.497 e. The van der Waals surface area contributed by atoms with Gasteiger partial charge in [0.15, 0.2) is 0 Å². The summed E-state index contributed by atoms with van der Waals surface area (Å²) in [6.07, 6.45) is -4.33. The van der Waals surface area contributed by atoms with E-state index in [1.165, 1.54) is 49.6 Å². The molecule has 8 heteroatoms. The first-order valence-electron chi connectivity index (χ1n) is 10.0. The van der Waals surface area contributed by atoms with Gasteiger partial charge in [0.1, 0.15) is 22.8 Å². The van der Waals surface area contributed by atoms with Crippen molar-refractivity contribution in [1.82, 2.24) is 0 Å². The van der Waals surface area contributed by atoms with Crippen LogP contribution in [0.1, 0.15) is 11.3 Å². The van der Waals surface area contributed by atoms with Gasteiger partial charge < -0.3 is 18.6 Å². The van der Waals surface area contributed by atoms with E-state index in [1.54, 1.807) is 0 Å². The number of halogens is 3. The molecule has 4 aromatic rings. The summed E-state index contributed by atoms with van der Waals surface area (Å²) in [4.78, 5) is 12.9. The van der Waals surface area contributed by atoms with Gasteiger partial charge in [-0.25, -0.2) is 0 Å². The molecule has 0 saturated carbocycles. The summed E-state index contributed by atoms with van der Waals surface area (Å²) in [6, 6.07) is 19.6. The number of benzene rings is 3. The van der Waals surface area contributed by atoms with Gasteiger partial charge >= 0.3 is 6.18 Å². The molecule has 0 aliphatic heterocycles. The van der Waals surface area contributed by atoms with E-state index >= 15 is 0 Å². The highest BCUT2D eigenvalue weighted by molar-refractivity contribution is 5.79. The smallest absolute Gasteiger partial charge is 0.453 e. The highest BCUT2D eigenvalue weighted by Crippen LogP contribution is 2.38. The Hall–Kier alpha value is -3.94. The van der Waals surface area contributed by atoms with Crippen LogP contribution in [0.15, 0.2) is 82.0 Å². The van der Waals surface area contributed by atoms with Gasteiger partial charge in [0.2, 0.25) is 11.2 Å². The Balaban J connectivity index is 1.65. The number of methoxy groups -OCH3 is 1. The normalized spacial score (nSPS) is 11.4. The minimum atomic E-state index is -4.95. The van der Waals surface area contributed by atoms with Gasteiger partial charge in [0.05, 0.1) is 19.1 Å². The number of hydrogen-bond donors (Lipinski definition) is 0. The molecule has 0 aliphatic carbocycles. The van der Waals surface area contributed by atoms with E-state index in [-0.39, 0.29) is 16.7 Å². The Bertz CT molecular complexity index is 1300. The van der Waals surface area contributed by atoms with Gasteiger partial charge in [-0.15, -0.1) is 0 Å². The van der Waals surface area contributed by atoms with Crippen molar-refractivity contribution in [2.75, 3.05) is 13.7 Å². The van der Waals surface area contributed by atoms with Crippen molar-refractivity contribution < 1.29 is 31.8 Å². The second kappa shape index (κ2) is 9.28. The molecule has 33 heavy (non-hydrogen) atoms. The average molecular weight is 456 g/mol. The lowest BCUT2D eigenvalue weighted by atomic mass is 10.1. The first-order valence-corrected chi connectivity index (χ1v) is 10.0. The summed E-state index contributed by atoms with van der Waals surface area (Å²) in [5.41, 5.74) is -0.119. The Kier molecular flexibility index (Phi) is 6.26. The van der Waals surface area contributed by atoms with E-state index in [9.17, 15) is 18.0 Å². The van der Waals surface area contributed by atoms with Crippen LogP contribution in [0.2, 0.25) is 0 Å². The van der Waals surface area contributed by atoms with Crippen LogP contribution in [0.3, 0.4) is 0 Å². The van der Waals surface area contributed by atoms with Crippen molar-refractivity contribution in [2.24, 2.45) is 0 Å². The van der Waals surface area contributed by atoms with Crippen LogP contribution in [0, 0.1) is 0 Å². The predicted octanol–water partition coefficient (Wildman–Crippen LogP) is 6.23. The van der Waals surface area contributed by atoms with Crippen LogP contribution in [-0.4, -0.2) is 13.7 Å². The molecule has 1 aromatic heterocycles. The Labute approximate surface area is 186 Å². The van der Waals surface area contributed by atoms with Crippen LogP contribution in [-0.2, 0) is 12.6 Å². The zero-order chi connectivity index (χ0) is 23.4. The number of ether oxygens (including phenoxy) is 3. The third-order valence-corrected chi connectivity index (χ3v) is 4.86. The van der Waals surface area contributed by atoms with Crippen molar-refractivity contribution in [3.8, 4) is 23.0 Å². The van der Waals surface area contributed by atoms with E-state index in [0.717, 1.165) is 5.56 Å². The van der Waals surface area contributed by atoms with Gasteiger partial charge in [-0.2, -0.15) is 13.2 Å². The summed E-state index contributed by atoms with van der Waals surface area (Å²) >= 11 is 0. The standard InChI is InChI=1S/C25H19F3O5/c1-30-17-7-9-18(10-8-17)32-23-22(29)20-12-11-19(15-21(20)33-24(23)25(26,27)28)31-14-13-16-5-3-2-4-6-16/h2-12,15H,13-14H2,1H3. The Morgan fingerprint density at radius 3 is 2.21 bits per heavy atom. The molecule has 0 N–H and O–H groups in total. The van der Waals surface area contributed by atoms with Crippen molar-refractivity contribution in [2.45, 2.75) is 12.6 Å². The van der Waals surface area contributed by atoms with Crippen molar-refractivity contribution in [3.63, 3.8) is 0 Å². The zero-order valence-electron chi connectivity index (χ0n) is 17.5. The monoisotopic (exact) mass is 456 g/mol. The van der Waals surface area contributed by atoms with Crippen molar-refractivity contribution >= 4 is 11.0 Å². The zero-order valence-corrected chi connectivity index (χ0v) is 17.5. The van der Waals surface area contributed by atoms with E-state index in [0.29, 0.717) is 24.5 Å². The second-order valence-electron chi connectivity index (χ2n) is 7.11. The van der Waals surface area contributed by atoms with Gasteiger partial charge in [-0.3, -0.25) is 4.79 Å². The highest BCUT2D eigenvalue weighted by atomic mass is 19.4. The molecule has 0 spiro atoms. The highest BCUT2D eigenvalue weighted by Gasteiger charge is 2.40. The molecule has 0 aliphatic rings. The molecule has 5 nitrogen and oxygen atoms in total. The van der Waals surface area contributed by atoms with Crippen LogP contribution in [0.25, 0.3) is 11.0 Å². The fourth-order valence-electron chi connectivity index (χ4n) is 3.22. The lowest BCUT2D eigenvalue weighted by Crippen LogP contribution is -2.15. The lowest BCUT2D eigenvalue weighted by molar-refractivity contribution is -0.154. The molecule has 0 bridgehead atoms. The molecule has 170 valence electrons. The molecule has 0 saturated heterocycles. The summed E-state index contributed by atoms with van der Waals surface area (Å²) in [6.45, 7) is 0.310. The van der Waals surface area contributed by atoms with E-state index in [4.69, 9.17) is 18.6 Å². The molecule has 0 unspecified atom stereocenters. The molecule has 4 rings (SSSR count). The quantitative estimate of drug-likeness (QED) is 0.330. The van der Waals surface area contributed by atoms with Gasteiger partial charge in [0.25, 0.3) is 5.76 Å². The molecule has 0 amide bonds. The van der Waals surface area contributed by atoms with Crippen molar-refractivity contribution in [1.29, 1.82) is 0 Å².